The number of unbranched alkanes of at least 4 members (excludes halogenated alkanes) is 1. The van der Waals surface area contributed by atoms with Crippen LogP contribution in [0.25, 0.3) is 0 Å². The number of hydrogen-bond donors (Lipinski definition) is 0. The van der Waals surface area contributed by atoms with Crippen LogP contribution in [0.5, 0.6) is 11.5 Å². The zero-order chi connectivity index (χ0) is 12.8. The minimum atomic E-state index is -1.03. The predicted molar refractivity (Wildman–Crippen MR) is 67.8 cm³/mol. The van der Waals surface area contributed by atoms with Crippen LogP contribution < -0.4 is 9.47 Å². The highest BCUT2D eigenvalue weighted by Crippen LogP contribution is 2.39. The lowest BCUT2D eigenvalue weighted by molar-refractivity contribution is -0.272. The summed E-state index contributed by atoms with van der Waals surface area (Å²) < 4.78 is 22.2. The van der Waals surface area contributed by atoms with E-state index in [-0.39, 0.29) is 0 Å². The Kier molecular flexibility index (Phi) is 4.44. The molecule has 0 aromatic heterocycles. The molecule has 0 aliphatic carbocycles. The lowest BCUT2D eigenvalue weighted by atomic mass is 10.3. The molecule has 0 spiro atoms. The molecule has 1 aromatic carbocycles. The van der Waals surface area contributed by atoms with Gasteiger partial charge in [0.25, 0.3) is 0 Å². The summed E-state index contributed by atoms with van der Waals surface area (Å²) in [7, 11) is 0. The highest BCUT2D eigenvalue weighted by atomic mass is 16.9. The third-order valence-electron chi connectivity index (χ3n) is 2.67. The minimum Gasteiger partial charge on any atom is -0.426 e. The van der Waals surface area contributed by atoms with E-state index in [2.05, 4.69) is 6.92 Å². The van der Waals surface area contributed by atoms with E-state index in [0.29, 0.717) is 24.7 Å². The highest BCUT2D eigenvalue weighted by molar-refractivity contribution is 5.42. The average molecular weight is 252 g/mol. The van der Waals surface area contributed by atoms with E-state index in [9.17, 15) is 0 Å². The fourth-order valence-corrected chi connectivity index (χ4v) is 1.73. The lowest BCUT2D eigenvalue weighted by Crippen LogP contribution is -2.39. The maximum absolute atomic E-state index is 5.62. The van der Waals surface area contributed by atoms with Crippen LogP contribution in [0.15, 0.2) is 24.3 Å². The number of para-hydroxylation sites is 2. The second-order valence-corrected chi connectivity index (χ2v) is 4.33. The fraction of sp³-hybridized carbons (Fsp3) is 0.571. The molecule has 0 saturated carbocycles. The molecule has 1 aliphatic rings. The summed E-state index contributed by atoms with van der Waals surface area (Å²) in [6.07, 6.45) is 2.22. The van der Waals surface area contributed by atoms with Gasteiger partial charge in [0.2, 0.25) is 0 Å². The van der Waals surface area contributed by atoms with Crippen molar-refractivity contribution in [2.75, 3.05) is 19.8 Å². The minimum absolute atomic E-state index is 0.453. The molecule has 1 aliphatic heterocycles. The van der Waals surface area contributed by atoms with Gasteiger partial charge in [-0.2, -0.15) is 0 Å². The fourth-order valence-electron chi connectivity index (χ4n) is 1.73. The molecule has 0 saturated heterocycles. The first-order chi connectivity index (χ1) is 8.73. The Morgan fingerprint density at radius 2 is 1.72 bits per heavy atom. The molecular formula is C14H20O4. The zero-order valence-electron chi connectivity index (χ0n) is 11.0. The number of benzene rings is 1. The van der Waals surface area contributed by atoms with Gasteiger partial charge in [0.05, 0.1) is 13.2 Å². The second-order valence-electron chi connectivity index (χ2n) is 4.33. The average Bonchev–Trinajstić information content (AvgIpc) is 2.70. The first-order valence-electron chi connectivity index (χ1n) is 6.42. The molecule has 0 radical (unpaired) electrons. The summed E-state index contributed by atoms with van der Waals surface area (Å²) in [5.74, 6) is 0.399. The number of rotatable bonds is 7. The Balaban J connectivity index is 1.71. The van der Waals surface area contributed by atoms with Gasteiger partial charge < -0.3 is 18.9 Å². The van der Waals surface area contributed by atoms with Crippen LogP contribution in [0.2, 0.25) is 0 Å². The molecule has 0 N–H and O–H groups in total. The topological polar surface area (TPSA) is 36.9 Å². The van der Waals surface area contributed by atoms with Gasteiger partial charge in [0, 0.05) is 13.5 Å². The molecule has 0 bridgehead atoms. The van der Waals surface area contributed by atoms with Crippen LogP contribution >= 0.6 is 0 Å². The van der Waals surface area contributed by atoms with Crippen molar-refractivity contribution in [3.8, 4) is 11.5 Å². The SMILES string of the molecule is CCCCOCCOC1(C)Oc2ccccc2O1. The molecule has 0 fully saturated rings. The lowest BCUT2D eigenvalue weighted by Gasteiger charge is -2.22. The molecule has 1 aromatic rings. The Morgan fingerprint density at radius 3 is 2.33 bits per heavy atom. The van der Waals surface area contributed by atoms with Gasteiger partial charge in [-0.3, -0.25) is 0 Å². The standard InChI is InChI=1S/C14H20O4/c1-3-4-9-15-10-11-16-14(2)17-12-7-5-6-8-13(12)18-14/h5-8H,3-4,9-11H2,1-2H3. The molecule has 1 heterocycles. The van der Waals surface area contributed by atoms with Crippen molar-refractivity contribution >= 4 is 0 Å². The summed E-state index contributed by atoms with van der Waals surface area (Å²) in [5, 5.41) is 0. The summed E-state index contributed by atoms with van der Waals surface area (Å²) >= 11 is 0. The zero-order valence-corrected chi connectivity index (χ0v) is 11.0. The van der Waals surface area contributed by atoms with E-state index in [1.807, 2.05) is 24.3 Å². The molecule has 4 nitrogen and oxygen atoms in total. The van der Waals surface area contributed by atoms with Crippen molar-refractivity contribution in [1.29, 1.82) is 0 Å². The van der Waals surface area contributed by atoms with Crippen LogP contribution in [-0.4, -0.2) is 25.8 Å². The van der Waals surface area contributed by atoms with Crippen LogP contribution in [-0.2, 0) is 9.47 Å². The van der Waals surface area contributed by atoms with Crippen LogP contribution in [0.3, 0.4) is 0 Å². The largest absolute Gasteiger partial charge is 0.426 e. The van der Waals surface area contributed by atoms with Crippen LogP contribution in [0, 0.1) is 0 Å². The Bertz CT molecular complexity index is 353. The first kappa shape index (κ1) is 13.2. The molecule has 0 atom stereocenters. The van der Waals surface area contributed by atoms with E-state index >= 15 is 0 Å². The quantitative estimate of drug-likeness (QED) is 0.699. The van der Waals surface area contributed by atoms with E-state index in [1.165, 1.54) is 0 Å². The number of hydrogen-bond acceptors (Lipinski definition) is 4. The third-order valence-corrected chi connectivity index (χ3v) is 2.67. The van der Waals surface area contributed by atoms with E-state index < -0.39 is 5.97 Å². The number of ether oxygens (including phenoxy) is 4. The van der Waals surface area contributed by atoms with Crippen molar-refractivity contribution in [1.82, 2.24) is 0 Å². The predicted octanol–water partition coefficient (Wildman–Crippen LogP) is 2.96. The smallest absolute Gasteiger partial charge is 0.368 e. The third kappa shape index (κ3) is 3.37. The summed E-state index contributed by atoms with van der Waals surface area (Å²) in [6.45, 7) is 5.68. The van der Waals surface area contributed by atoms with Gasteiger partial charge in [-0.05, 0) is 18.6 Å². The monoisotopic (exact) mass is 252 g/mol. The van der Waals surface area contributed by atoms with Gasteiger partial charge >= 0.3 is 5.97 Å². The first-order valence-corrected chi connectivity index (χ1v) is 6.42. The molecular weight excluding hydrogens is 232 g/mol. The van der Waals surface area contributed by atoms with Crippen molar-refractivity contribution < 1.29 is 18.9 Å². The van der Waals surface area contributed by atoms with Gasteiger partial charge in [-0.1, -0.05) is 25.5 Å². The normalized spacial score (nSPS) is 15.9. The van der Waals surface area contributed by atoms with E-state index in [1.54, 1.807) is 6.92 Å². The van der Waals surface area contributed by atoms with Crippen molar-refractivity contribution in [3.63, 3.8) is 0 Å². The summed E-state index contributed by atoms with van der Waals surface area (Å²) in [5.41, 5.74) is 0. The van der Waals surface area contributed by atoms with Crippen molar-refractivity contribution in [2.45, 2.75) is 32.7 Å². The summed E-state index contributed by atoms with van der Waals surface area (Å²) in [4.78, 5) is 0. The molecule has 18 heavy (non-hydrogen) atoms. The van der Waals surface area contributed by atoms with Gasteiger partial charge in [-0.25, -0.2) is 0 Å². The van der Waals surface area contributed by atoms with Crippen LogP contribution in [0.4, 0.5) is 0 Å². The van der Waals surface area contributed by atoms with Gasteiger partial charge in [0.15, 0.2) is 11.5 Å². The van der Waals surface area contributed by atoms with E-state index in [4.69, 9.17) is 18.9 Å². The summed E-state index contributed by atoms with van der Waals surface area (Å²) in [6, 6.07) is 7.53. The Morgan fingerprint density at radius 1 is 1.06 bits per heavy atom. The molecule has 2 rings (SSSR count). The maximum atomic E-state index is 5.62. The molecule has 4 heteroatoms. The maximum Gasteiger partial charge on any atom is 0.368 e. The Hall–Kier alpha value is -1.26. The van der Waals surface area contributed by atoms with Crippen LogP contribution in [0.1, 0.15) is 26.7 Å². The van der Waals surface area contributed by atoms with Gasteiger partial charge in [-0.15, -0.1) is 0 Å². The molecule has 0 unspecified atom stereocenters. The van der Waals surface area contributed by atoms with E-state index in [0.717, 1.165) is 19.4 Å². The molecule has 100 valence electrons. The van der Waals surface area contributed by atoms with Crippen molar-refractivity contribution in [2.24, 2.45) is 0 Å². The van der Waals surface area contributed by atoms with Gasteiger partial charge in [0.1, 0.15) is 0 Å². The number of fused-ring (bicyclic) bond motifs is 1. The van der Waals surface area contributed by atoms with Crippen molar-refractivity contribution in [3.05, 3.63) is 24.3 Å². The highest BCUT2D eigenvalue weighted by Gasteiger charge is 2.37. The second kappa shape index (κ2) is 6.07. The Labute approximate surface area is 108 Å². The molecule has 0 amide bonds.